The molecule has 2 N–H and O–H groups in total. The normalized spacial score (nSPS) is 23.5. The minimum absolute atomic E-state index is 0.0564. The molecule has 1 heterocycles. The van der Waals surface area contributed by atoms with Gasteiger partial charge in [0.2, 0.25) is 0 Å². The van der Waals surface area contributed by atoms with Crippen LogP contribution in [-0.4, -0.2) is 50.2 Å². The Labute approximate surface area is 72.9 Å². The summed E-state index contributed by atoms with van der Waals surface area (Å²) in [5, 5.41) is 12.4. The second-order valence-corrected chi connectivity index (χ2v) is 3.07. The van der Waals surface area contributed by atoms with Gasteiger partial charge in [0, 0.05) is 0 Å². The third-order valence-electron chi connectivity index (χ3n) is 1.98. The van der Waals surface area contributed by atoms with Gasteiger partial charge in [-0.3, -0.25) is 0 Å². The monoisotopic (exact) mass is 175 g/mol. The van der Waals surface area contributed by atoms with E-state index in [0.717, 1.165) is 6.54 Å². The molecule has 0 radical (unpaired) electrons. The summed E-state index contributed by atoms with van der Waals surface area (Å²) in [5.74, 6) is 0. The summed E-state index contributed by atoms with van der Waals surface area (Å²) in [6.07, 6.45) is 0. The Bertz CT molecular complexity index is 121. The second-order valence-electron chi connectivity index (χ2n) is 3.07. The lowest BCUT2D eigenvalue weighted by Gasteiger charge is -2.29. The molecule has 1 rings (SSSR count). The average molecular weight is 175 g/mol. The Kier molecular flexibility index (Phi) is 3.94. The third kappa shape index (κ3) is 2.42. The fraction of sp³-hybridized carbons (Fsp3) is 1.00. The maximum absolute atomic E-state index is 9.18. The van der Waals surface area contributed by atoms with Gasteiger partial charge in [0.05, 0.1) is 38.6 Å². The maximum atomic E-state index is 9.18. The van der Waals surface area contributed by atoms with Crippen LogP contribution in [0.3, 0.4) is 0 Å². The van der Waals surface area contributed by atoms with Gasteiger partial charge in [-0.2, -0.15) is 0 Å². The molecule has 72 valence electrons. The summed E-state index contributed by atoms with van der Waals surface area (Å²) in [7, 11) is 0. The van der Waals surface area contributed by atoms with Crippen molar-refractivity contribution in [2.45, 2.75) is 12.5 Å². The van der Waals surface area contributed by atoms with Crippen molar-refractivity contribution >= 4 is 0 Å². The van der Waals surface area contributed by atoms with E-state index in [1.54, 1.807) is 0 Å². The number of ether oxygens (including phenoxy) is 2. The molecule has 0 aliphatic carbocycles. The van der Waals surface area contributed by atoms with E-state index in [1.807, 2.05) is 6.92 Å². The number of aliphatic hydroxyl groups is 1. The van der Waals surface area contributed by atoms with Crippen LogP contribution < -0.4 is 5.32 Å². The van der Waals surface area contributed by atoms with Gasteiger partial charge in [0.25, 0.3) is 0 Å². The first-order chi connectivity index (χ1) is 5.83. The largest absolute Gasteiger partial charge is 0.394 e. The number of hydrogen-bond acceptors (Lipinski definition) is 4. The highest BCUT2D eigenvalue weighted by Gasteiger charge is 2.30. The average Bonchev–Trinajstić information content (AvgIpc) is 2.32. The van der Waals surface area contributed by atoms with Gasteiger partial charge in [0.1, 0.15) is 0 Å². The molecule has 1 aliphatic heterocycles. The Morgan fingerprint density at radius 1 is 1.33 bits per heavy atom. The second kappa shape index (κ2) is 4.77. The molecule has 0 unspecified atom stereocenters. The minimum atomic E-state index is -0.384. The van der Waals surface area contributed by atoms with Gasteiger partial charge in [-0.25, -0.2) is 0 Å². The molecule has 1 fully saturated rings. The molecular formula is C8H17NO3. The molecular weight excluding hydrogens is 158 g/mol. The van der Waals surface area contributed by atoms with Crippen molar-refractivity contribution in [1.29, 1.82) is 0 Å². The molecule has 0 atom stereocenters. The molecule has 4 nitrogen and oxygen atoms in total. The van der Waals surface area contributed by atoms with Gasteiger partial charge >= 0.3 is 0 Å². The van der Waals surface area contributed by atoms with E-state index in [4.69, 9.17) is 9.47 Å². The van der Waals surface area contributed by atoms with Crippen molar-refractivity contribution in [3.63, 3.8) is 0 Å². The van der Waals surface area contributed by atoms with Crippen molar-refractivity contribution < 1.29 is 14.6 Å². The SMILES string of the molecule is CCNC1(CO)COCCOC1. The van der Waals surface area contributed by atoms with Crippen molar-refractivity contribution in [2.24, 2.45) is 0 Å². The molecule has 0 amide bonds. The van der Waals surface area contributed by atoms with E-state index >= 15 is 0 Å². The van der Waals surface area contributed by atoms with Crippen LogP contribution in [0, 0.1) is 0 Å². The Morgan fingerprint density at radius 3 is 2.33 bits per heavy atom. The molecule has 4 heteroatoms. The molecule has 0 bridgehead atoms. The van der Waals surface area contributed by atoms with Crippen LogP contribution in [0.2, 0.25) is 0 Å². The van der Waals surface area contributed by atoms with Crippen molar-refractivity contribution in [3.05, 3.63) is 0 Å². The maximum Gasteiger partial charge on any atom is 0.0887 e. The minimum Gasteiger partial charge on any atom is -0.394 e. The van der Waals surface area contributed by atoms with Gasteiger partial charge in [-0.15, -0.1) is 0 Å². The first-order valence-electron chi connectivity index (χ1n) is 4.34. The first kappa shape index (κ1) is 9.92. The quantitative estimate of drug-likeness (QED) is 0.600. The summed E-state index contributed by atoms with van der Waals surface area (Å²) in [6.45, 7) is 5.16. The first-order valence-corrected chi connectivity index (χ1v) is 4.34. The van der Waals surface area contributed by atoms with Crippen LogP contribution in [-0.2, 0) is 9.47 Å². The molecule has 1 saturated heterocycles. The predicted octanol–water partition coefficient (Wildman–Crippen LogP) is -0.626. The number of hydrogen-bond donors (Lipinski definition) is 2. The van der Waals surface area contributed by atoms with Gasteiger partial charge in [-0.1, -0.05) is 6.92 Å². The van der Waals surface area contributed by atoms with E-state index in [0.29, 0.717) is 26.4 Å². The van der Waals surface area contributed by atoms with Crippen LogP contribution in [0.4, 0.5) is 0 Å². The molecule has 0 saturated carbocycles. The predicted molar refractivity (Wildman–Crippen MR) is 45.1 cm³/mol. The number of nitrogens with one attached hydrogen (secondary N) is 1. The Morgan fingerprint density at radius 2 is 1.92 bits per heavy atom. The number of aliphatic hydroxyl groups excluding tert-OH is 1. The van der Waals surface area contributed by atoms with E-state index < -0.39 is 0 Å². The Hall–Kier alpha value is -0.160. The van der Waals surface area contributed by atoms with E-state index in [-0.39, 0.29) is 12.1 Å². The summed E-state index contributed by atoms with van der Waals surface area (Å²) in [4.78, 5) is 0. The van der Waals surface area contributed by atoms with E-state index in [1.165, 1.54) is 0 Å². The summed E-state index contributed by atoms with van der Waals surface area (Å²) >= 11 is 0. The van der Waals surface area contributed by atoms with E-state index in [2.05, 4.69) is 5.32 Å². The van der Waals surface area contributed by atoms with Crippen molar-refractivity contribution in [2.75, 3.05) is 39.6 Å². The third-order valence-corrected chi connectivity index (χ3v) is 1.98. The van der Waals surface area contributed by atoms with Gasteiger partial charge in [-0.05, 0) is 6.54 Å². The van der Waals surface area contributed by atoms with Gasteiger partial charge < -0.3 is 19.9 Å². The van der Waals surface area contributed by atoms with Crippen LogP contribution in [0.1, 0.15) is 6.92 Å². The lowest BCUT2D eigenvalue weighted by molar-refractivity contribution is 0.0414. The molecule has 1 aliphatic rings. The fourth-order valence-corrected chi connectivity index (χ4v) is 1.32. The zero-order valence-corrected chi connectivity index (χ0v) is 7.51. The lowest BCUT2D eigenvalue weighted by atomic mass is 10.0. The van der Waals surface area contributed by atoms with Crippen molar-refractivity contribution in [3.8, 4) is 0 Å². The highest BCUT2D eigenvalue weighted by atomic mass is 16.5. The molecule has 0 aromatic rings. The smallest absolute Gasteiger partial charge is 0.0887 e. The molecule has 0 spiro atoms. The van der Waals surface area contributed by atoms with Crippen LogP contribution in [0.25, 0.3) is 0 Å². The topological polar surface area (TPSA) is 50.7 Å². The molecule has 12 heavy (non-hydrogen) atoms. The fourth-order valence-electron chi connectivity index (χ4n) is 1.32. The highest BCUT2D eigenvalue weighted by molar-refractivity contribution is 4.87. The zero-order chi connectivity index (χ0) is 8.86. The summed E-state index contributed by atoms with van der Waals surface area (Å²) < 4.78 is 10.6. The Balaban J connectivity index is 2.48. The number of likely N-dealkylation sites (N-methyl/N-ethyl adjacent to an activating group) is 1. The highest BCUT2D eigenvalue weighted by Crippen LogP contribution is 2.08. The van der Waals surface area contributed by atoms with Crippen LogP contribution in [0.5, 0.6) is 0 Å². The number of rotatable bonds is 3. The lowest BCUT2D eigenvalue weighted by Crippen LogP contribution is -2.54. The standard InChI is InChI=1S/C8H17NO3/c1-2-9-8(5-10)6-11-3-4-12-7-8/h9-10H,2-7H2,1H3. The van der Waals surface area contributed by atoms with Crippen LogP contribution in [0.15, 0.2) is 0 Å². The zero-order valence-electron chi connectivity index (χ0n) is 7.51. The summed E-state index contributed by atoms with van der Waals surface area (Å²) in [6, 6.07) is 0. The molecule has 0 aromatic heterocycles. The summed E-state index contributed by atoms with van der Waals surface area (Å²) in [5.41, 5.74) is -0.384. The molecule has 0 aromatic carbocycles. The van der Waals surface area contributed by atoms with E-state index in [9.17, 15) is 5.11 Å². The van der Waals surface area contributed by atoms with Crippen LogP contribution >= 0.6 is 0 Å². The van der Waals surface area contributed by atoms with Crippen molar-refractivity contribution in [1.82, 2.24) is 5.32 Å². The van der Waals surface area contributed by atoms with Gasteiger partial charge in [0.15, 0.2) is 0 Å².